The molecule has 140 valence electrons. The predicted molar refractivity (Wildman–Crippen MR) is 110 cm³/mol. The maximum atomic E-state index is 14.6. The summed E-state index contributed by atoms with van der Waals surface area (Å²) in [4.78, 5) is 0. The summed E-state index contributed by atoms with van der Waals surface area (Å²) in [5, 5.41) is 0. The van der Waals surface area contributed by atoms with Crippen LogP contribution in [0.1, 0.15) is 69.9 Å². The maximum absolute atomic E-state index is 14.6. The molecule has 1 aliphatic carbocycles. The monoisotopic (exact) mass is 352 g/mol. The molecule has 0 N–H and O–H groups in total. The quantitative estimate of drug-likeness (QED) is 0.481. The minimum absolute atomic E-state index is 0.0848. The molecule has 3 rings (SSSR count). The summed E-state index contributed by atoms with van der Waals surface area (Å²) in [6.07, 6.45) is 11.5. The third kappa shape index (κ3) is 4.96. The first-order chi connectivity index (χ1) is 12.7. The van der Waals surface area contributed by atoms with Crippen LogP contribution in [0.4, 0.5) is 4.39 Å². The van der Waals surface area contributed by atoms with Gasteiger partial charge in [0, 0.05) is 5.56 Å². The van der Waals surface area contributed by atoms with Crippen LogP contribution in [0.3, 0.4) is 0 Å². The smallest absolute Gasteiger partial charge is 0.131 e. The van der Waals surface area contributed by atoms with Gasteiger partial charge < -0.3 is 0 Å². The Morgan fingerprint density at radius 1 is 0.808 bits per heavy atom. The third-order valence-corrected chi connectivity index (χ3v) is 6.21. The fourth-order valence-electron chi connectivity index (χ4n) is 4.46. The zero-order chi connectivity index (χ0) is 18.4. The van der Waals surface area contributed by atoms with Crippen molar-refractivity contribution in [2.75, 3.05) is 0 Å². The summed E-state index contributed by atoms with van der Waals surface area (Å²) in [5.74, 6) is 1.72. The Bertz CT molecular complexity index is 678. The molecule has 0 bridgehead atoms. The van der Waals surface area contributed by atoms with E-state index in [9.17, 15) is 4.39 Å². The summed E-state index contributed by atoms with van der Waals surface area (Å²) in [7, 11) is 0. The van der Waals surface area contributed by atoms with E-state index in [4.69, 9.17) is 0 Å². The Morgan fingerprint density at radius 3 is 2.00 bits per heavy atom. The molecular weight excluding hydrogens is 319 g/mol. The van der Waals surface area contributed by atoms with Crippen LogP contribution in [-0.2, 0) is 12.8 Å². The molecule has 1 saturated carbocycles. The van der Waals surface area contributed by atoms with Gasteiger partial charge in [-0.15, -0.1) is 0 Å². The van der Waals surface area contributed by atoms with E-state index >= 15 is 0 Å². The fourth-order valence-corrected chi connectivity index (χ4v) is 4.46. The largest absolute Gasteiger partial charge is 0.206 e. The molecule has 0 nitrogen and oxygen atoms in total. The van der Waals surface area contributed by atoms with Gasteiger partial charge in [0.1, 0.15) is 5.82 Å². The van der Waals surface area contributed by atoms with Crippen LogP contribution in [-0.4, -0.2) is 0 Å². The second kappa shape index (κ2) is 9.35. The highest BCUT2D eigenvalue weighted by Gasteiger charge is 2.20. The van der Waals surface area contributed by atoms with Crippen LogP contribution < -0.4 is 0 Å². The standard InChI is InChI=1S/C25H33F/c1-3-5-20-6-8-21(9-7-20)10-11-22-14-17-24(25(26)18-22)23-15-12-19(4-2)13-16-23/h12-18,20-21H,3-11H2,1-2H3/t20-,21-. The average Bonchev–Trinajstić information content (AvgIpc) is 2.68. The van der Waals surface area contributed by atoms with E-state index in [0.717, 1.165) is 41.4 Å². The molecule has 1 heteroatoms. The molecule has 2 aromatic carbocycles. The summed E-state index contributed by atoms with van der Waals surface area (Å²) in [6.45, 7) is 4.43. The van der Waals surface area contributed by atoms with Gasteiger partial charge in [0.15, 0.2) is 0 Å². The Morgan fingerprint density at radius 2 is 1.42 bits per heavy atom. The summed E-state index contributed by atoms with van der Waals surface area (Å²) >= 11 is 0. The lowest BCUT2D eigenvalue weighted by atomic mass is 9.78. The van der Waals surface area contributed by atoms with E-state index in [2.05, 4.69) is 32.0 Å². The summed E-state index contributed by atoms with van der Waals surface area (Å²) in [6, 6.07) is 14.1. The van der Waals surface area contributed by atoms with Crippen molar-refractivity contribution in [3.8, 4) is 11.1 Å². The Hall–Kier alpha value is -1.63. The van der Waals surface area contributed by atoms with Crippen LogP contribution in [0.5, 0.6) is 0 Å². The first-order valence-electron chi connectivity index (χ1n) is 10.6. The molecule has 0 aromatic heterocycles. The number of hydrogen-bond donors (Lipinski definition) is 0. The normalized spacial score (nSPS) is 20.3. The molecule has 26 heavy (non-hydrogen) atoms. The maximum Gasteiger partial charge on any atom is 0.131 e. The molecular formula is C25H33F. The first-order valence-corrected chi connectivity index (χ1v) is 10.6. The molecule has 0 amide bonds. The molecule has 2 aromatic rings. The number of aryl methyl sites for hydroxylation is 2. The van der Waals surface area contributed by atoms with Crippen molar-refractivity contribution in [1.82, 2.24) is 0 Å². The first kappa shape index (κ1) is 19.1. The van der Waals surface area contributed by atoms with E-state index in [1.807, 2.05) is 18.2 Å². The van der Waals surface area contributed by atoms with Gasteiger partial charge in [-0.1, -0.05) is 88.8 Å². The van der Waals surface area contributed by atoms with Gasteiger partial charge in [0.2, 0.25) is 0 Å². The van der Waals surface area contributed by atoms with Crippen molar-refractivity contribution in [1.29, 1.82) is 0 Å². The van der Waals surface area contributed by atoms with Crippen molar-refractivity contribution in [3.05, 3.63) is 59.4 Å². The molecule has 0 radical (unpaired) electrons. The Balaban J connectivity index is 1.56. The number of halogens is 1. The highest BCUT2D eigenvalue weighted by molar-refractivity contribution is 5.64. The molecule has 0 spiro atoms. The second-order valence-corrected chi connectivity index (χ2v) is 8.08. The lowest BCUT2D eigenvalue weighted by Crippen LogP contribution is -2.15. The van der Waals surface area contributed by atoms with E-state index in [-0.39, 0.29) is 5.82 Å². The van der Waals surface area contributed by atoms with E-state index in [1.165, 1.54) is 50.5 Å². The molecule has 1 aliphatic rings. The van der Waals surface area contributed by atoms with Gasteiger partial charge in [-0.05, 0) is 53.9 Å². The van der Waals surface area contributed by atoms with E-state index in [1.54, 1.807) is 6.07 Å². The summed E-state index contributed by atoms with van der Waals surface area (Å²) < 4.78 is 14.6. The van der Waals surface area contributed by atoms with Crippen LogP contribution >= 0.6 is 0 Å². The number of rotatable bonds is 7. The SMILES string of the molecule is CCC[C@H]1CC[C@H](CCc2ccc(-c3ccc(CC)cc3)c(F)c2)CC1. The van der Waals surface area contributed by atoms with E-state index in [0.29, 0.717) is 0 Å². The van der Waals surface area contributed by atoms with Gasteiger partial charge >= 0.3 is 0 Å². The van der Waals surface area contributed by atoms with Crippen LogP contribution in [0.25, 0.3) is 11.1 Å². The molecule has 1 fully saturated rings. The average molecular weight is 353 g/mol. The Kier molecular flexibility index (Phi) is 6.88. The van der Waals surface area contributed by atoms with Crippen LogP contribution in [0.15, 0.2) is 42.5 Å². The highest BCUT2D eigenvalue weighted by Crippen LogP contribution is 2.34. The zero-order valence-electron chi connectivity index (χ0n) is 16.4. The second-order valence-electron chi connectivity index (χ2n) is 8.08. The lowest BCUT2D eigenvalue weighted by Gasteiger charge is -2.28. The minimum Gasteiger partial charge on any atom is -0.206 e. The third-order valence-electron chi connectivity index (χ3n) is 6.21. The molecule has 0 atom stereocenters. The van der Waals surface area contributed by atoms with Gasteiger partial charge in [0.25, 0.3) is 0 Å². The Labute approximate surface area is 158 Å². The van der Waals surface area contributed by atoms with Gasteiger partial charge in [-0.2, -0.15) is 0 Å². The fraction of sp³-hybridized carbons (Fsp3) is 0.520. The molecule has 0 aliphatic heterocycles. The minimum atomic E-state index is -0.0848. The van der Waals surface area contributed by atoms with Crippen LogP contribution in [0, 0.1) is 17.7 Å². The highest BCUT2D eigenvalue weighted by atomic mass is 19.1. The zero-order valence-corrected chi connectivity index (χ0v) is 16.4. The van der Waals surface area contributed by atoms with Crippen molar-refractivity contribution in [2.24, 2.45) is 11.8 Å². The summed E-state index contributed by atoms with van der Waals surface area (Å²) in [5.41, 5.74) is 4.13. The van der Waals surface area contributed by atoms with Crippen molar-refractivity contribution in [3.63, 3.8) is 0 Å². The van der Waals surface area contributed by atoms with Crippen molar-refractivity contribution in [2.45, 2.75) is 71.6 Å². The van der Waals surface area contributed by atoms with Gasteiger partial charge in [0.05, 0.1) is 0 Å². The molecule has 0 heterocycles. The van der Waals surface area contributed by atoms with Gasteiger partial charge in [-0.25, -0.2) is 4.39 Å². The molecule has 0 unspecified atom stereocenters. The topological polar surface area (TPSA) is 0 Å². The van der Waals surface area contributed by atoms with Gasteiger partial charge in [-0.3, -0.25) is 0 Å². The molecule has 0 saturated heterocycles. The number of hydrogen-bond acceptors (Lipinski definition) is 0. The predicted octanol–water partition coefficient (Wildman–Crippen LogP) is 7.59. The number of benzene rings is 2. The van der Waals surface area contributed by atoms with Crippen molar-refractivity contribution >= 4 is 0 Å². The lowest BCUT2D eigenvalue weighted by molar-refractivity contribution is 0.252. The van der Waals surface area contributed by atoms with E-state index < -0.39 is 0 Å². The van der Waals surface area contributed by atoms with Crippen molar-refractivity contribution < 1.29 is 4.39 Å². The van der Waals surface area contributed by atoms with Crippen LogP contribution in [0.2, 0.25) is 0 Å².